The van der Waals surface area contributed by atoms with E-state index >= 15 is 0 Å². The Balaban J connectivity index is 0.00000320. The van der Waals surface area contributed by atoms with Crippen LogP contribution in [-0.2, 0) is 11.3 Å². The molecule has 0 unspecified atom stereocenters. The Kier molecular flexibility index (Phi) is 8.75. The van der Waals surface area contributed by atoms with Crippen molar-refractivity contribution in [2.24, 2.45) is 5.92 Å². The molecule has 11 heteroatoms. The lowest BCUT2D eigenvalue weighted by Crippen LogP contribution is -2.29. The molecule has 1 saturated heterocycles. The van der Waals surface area contributed by atoms with Gasteiger partial charge >= 0.3 is 6.18 Å². The Morgan fingerprint density at radius 1 is 1.33 bits per heavy atom. The van der Waals surface area contributed by atoms with Gasteiger partial charge in [0, 0.05) is 26.4 Å². The van der Waals surface area contributed by atoms with Crippen LogP contribution in [0.5, 0.6) is 5.75 Å². The topological polar surface area (TPSA) is 77.4 Å². The number of nitrogens with one attached hydrogen (secondary N) is 2. The SMILES string of the molecule is COCCNC(=O)c1ccc2nn(CC3CCNCC3)cc2c1OCC(F)(F)F.Cl. The van der Waals surface area contributed by atoms with Gasteiger partial charge < -0.3 is 20.1 Å². The molecule has 0 bridgehead atoms. The van der Waals surface area contributed by atoms with E-state index in [9.17, 15) is 18.0 Å². The van der Waals surface area contributed by atoms with Gasteiger partial charge in [0.2, 0.25) is 0 Å². The lowest BCUT2D eigenvalue weighted by molar-refractivity contribution is -0.153. The minimum absolute atomic E-state index is 0. The van der Waals surface area contributed by atoms with Crippen LogP contribution in [0.25, 0.3) is 10.9 Å². The third-order valence-electron chi connectivity index (χ3n) is 4.81. The number of aromatic nitrogens is 2. The van der Waals surface area contributed by atoms with Gasteiger partial charge in [-0.1, -0.05) is 0 Å². The van der Waals surface area contributed by atoms with Crippen molar-refractivity contribution in [2.45, 2.75) is 25.6 Å². The molecule has 0 atom stereocenters. The molecular weight excluding hydrogens is 425 g/mol. The summed E-state index contributed by atoms with van der Waals surface area (Å²) in [5.74, 6) is -0.180. The summed E-state index contributed by atoms with van der Waals surface area (Å²) in [5, 5.41) is 10.8. The molecule has 2 aromatic rings. The van der Waals surface area contributed by atoms with E-state index in [0.717, 1.165) is 25.9 Å². The number of benzene rings is 1. The van der Waals surface area contributed by atoms with E-state index in [1.165, 1.54) is 13.2 Å². The Morgan fingerprint density at radius 3 is 2.73 bits per heavy atom. The fourth-order valence-electron chi connectivity index (χ4n) is 3.39. The monoisotopic (exact) mass is 450 g/mol. The molecular formula is C19H26ClF3N4O3. The summed E-state index contributed by atoms with van der Waals surface area (Å²) >= 11 is 0. The summed E-state index contributed by atoms with van der Waals surface area (Å²) in [6.07, 6.45) is -0.826. The van der Waals surface area contributed by atoms with E-state index in [2.05, 4.69) is 15.7 Å². The number of rotatable bonds is 8. The first-order valence-electron chi connectivity index (χ1n) is 9.55. The lowest BCUT2D eigenvalue weighted by Gasteiger charge is -2.22. The van der Waals surface area contributed by atoms with Crippen LogP contribution in [0.2, 0.25) is 0 Å². The zero-order valence-corrected chi connectivity index (χ0v) is 17.4. The maximum Gasteiger partial charge on any atom is 0.422 e. The molecule has 0 spiro atoms. The van der Waals surface area contributed by atoms with Crippen molar-refractivity contribution in [3.63, 3.8) is 0 Å². The molecule has 0 radical (unpaired) electrons. The molecule has 168 valence electrons. The molecule has 1 fully saturated rings. The van der Waals surface area contributed by atoms with E-state index in [-0.39, 0.29) is 30.3 Å². The highest BCUT2D eigenvalue weighted by Crippen LogP contribution is 2.31. The average molecular weight is 451 g/mol. The van der Waals surface area contributed by atoms with E-state index in [1.54, 1.807) is 16.9 Å². The second kappa shape index (κ2) is 10.8. The molecule has 7 nitrogen and oxygen atoms in total. The number of alkyl halides is 3. The highest BCUT2D eigenvalue weighted by atomic mass is 35.5. The fourth-order valence-corrected chi connectivity index (χ4v) is 3.39. The number of hydrogen-bond donors (Lipinski definition) is 2. The van der Waals surface area contributed by atoms with Crippen LogP contribution in [0.1, 0.15) is 23.2 Å². The molecule has 0 aliphatic carbocycles. The minimum atomic E-state index is -4.52. The molecule has 1 amide bonds. The number of piperidine rings is 1. The van der Waals surface area contributed by atoms with Crippen molar-refractivity contribution >= 4 is 29.2 Å². The van der Waals surface area contributed by atoms with Gasteiger partial charge in [-0.05, 0) is 44.0 Å². The van der Waals surface area contributed by atoms with Gasteiger partial charge in [-0.25, -0.2) is 0 Å². The number of methoxy groups -OCH3 is 1. The van der Waals surface area contributed by atoms with E-state index < -0.39 is 18.7 Å². The van der Waals surface area contributed by atoms with Crippen LogP contribution in [0, 0.1) is 5.92 Å². The first-order chi connectivity index (χ1) is 13.9. The van der Waals surface area contributed by atoms with Gasteiger partial charge in [-0.15, -0.1) is 12.4 Å². The Bertz CT molecular complexity index is 838. The van der Waals surface area contributed by atoms with Crippen LogP contribution in [-0.4, -0.2) is 61.8 Å². The number of halogens is 4. The van der Waals surface area contributed by atoms with Crippen molar-refractivity contribution in [3.8, 4) is 5.75 Å². The molecule has 30 heavy (non-hydrogen) atoms. The maximum absolute atomic E-state index is 12.8. The van der Waals surface area contributed by atoms with Crippen LogP contribution in [0.15, 0.2) is 18.3 Å². The summed E-state index contributed by atoms with van der Waals surface area (Å²) in [6.45, 7) is 1.60. The molecule has 2 N–H and O–H groups in total. The van der Waals surface area contributed by atoms with E-state index in [0.29, 0.717) is 30.0 Å². The summed E-state index contributed by atoms with van der Waals surface area (Å²) in [4.78, 5) is 12.5. The van der Waals surface area contributed by atoms with Crippen molar-refractivity contribution in [3.05, 3.63) is 23.9 Å². The molecule has 0 saturated carbocycles. The Labute approximate surface area is 178 Å². The maximum atomic E-state index is 12.8. The van der Waals surface area contributed by atoms with Crippen molar-refractivity contribution in [1.29, 1.82) is 0 Å². The summed E-state index contributed by atoms with van der Waals surface area (Å²) in [7, 11) is 1.49. The largest absolute Gasteiger partial charge is 0.483 e. The third-order valence-corrected chi connectivity index (χ3v) is 4.81. The van der Waals surface area contributed by atoms with Crippen LogP contribution >= 0.6 is 12.4 Å². The summed E-state index contributed by atoms with van der Waals surface area (Å²) in [6, 6.07) is 3.07. The number of carbonyl (C=O) groups is 1. The van der Waals surface area contributed by atoms with Gasteiger partial charge in [-0.3, -0.25) is 9.48 Å². The number of carbonyl (C=O) groups excluding carboxylic acids is 1. The quantitative estimate of drug-likeness (QED) is 0.605. The average Bonchev–Trinajstić information content (AvgIpc) is 3.08. The molecule has 1 aliphatic rings. The standard InChI is InChI=1S/C19H25F3N4O3.ClH/c1-28-9-8-24-18(27)14-2-3-16-15(17(14)29-12-19(20,21)22)11-26(25-16)10-13-4-6-23-7-5-13;/h2-3,11,13,23H,4-10,12H2,1H3,(H,24,27);1H. The third kappa shape index (κ3) is 6.48. The number of ether oxygens (including phenoxy) is 2. The summed E-state index contributed by atoms with van der Waals surface area (Å²) in [5.41, 5.74) is 0.531. The van der Waals surface area contributed by atoms with Gasteiger partial charge in [-0.2, -0.15) is 18.3 Å². The van der Waals surface area contributed by atoms with Gasteiger partial charge in [0.25, 0.3) is 5.91 Å². The van der Waals surface area contributed by atoms with E-state index in [1.807, 2.05) is 0 Å². The zero-order chi connectivity index (χ0) is 20.9. The van der Waals surface area contributed by atoms with Crippen LogP contribution in [0.3, 0.4) is 0 Å². The highest BCUT2D eigenvalue weighted by molar-refractivity contribution is 6.03. The molecule has 1 aliphatic heterocycles. The highest BCUT2D eigenvalue weighted by Gasteiger charge is 2.30. The molecule has 3 rings (SSSR count). The Hall–Kier alpha value is -2.04. The molecule has 2 heterocycles. The smallest absolute Gasteiger partial charge is 0.422 e. The number of hydrogen-bond acceptors (Lipinski definition) is 5. The Morgan fingerprint density at radius 2 is 2.07 bits per heavy atom. The van der Waals surface area contributed by atoms with Crippen LogP contribution in [0.4, 0.5) is 13.2 Å². The first-order valence-corrected chi connectivity index (χ1v) is 9.55. The van der Waals surface area contributed by atoms with Gasteiger partial charge in [0.15, 0.2) is 6.61 Å². The van der Waals surface area contributed by atoms with Crippen molar-refractivity contribution in [1.82, 2.24) is 20.4 Å². The zero-order valence-electron chi connectivity index (χ0n) is 16.6. The second-order valence-electron chi connectivity index (χ2n) is 7.07. The predicted molar refractivity (Wildman–Crippen MR) is 108 cm³/mol. The van der Waals surface area contributed by atoms with E-state index in [4.69, 9.17) is 9.47 Å². The lowest BCUT2D eigenvalue weighted by atomic mass is 9.98. The van der Waals surface area contributed by atoms with Crippen molar-refractivity contribution < 1.29 is 27.4 Å². The number of amides is 1. The summed E-state index contributed by atoms with van der Waals surface area (Å²) < 4.78 is 50.0. The predicted octanol–water partition coefficient (Wildman–Crippen LogP) is 2.78. The fraction of sp³-hybridized carbons (Fsp3) is 0.579. The minimum Gasteiger partial charge on any atom is -0.483 e. The van der Waals surface area contributed by atoms with Crippen LogP contribution < -0.4 is 15.4 Å². The van der Waals surface area contributed by atoms with Gasteiger partial charge in [0.05, 0.1) is 23.1 Å². The van der Waals surface area contributed by atoms with Gasteiger partial charge in [0.1, 0.15) is 5.75 Å². The first kappa shape index (κ1) is 24.2. The normalized spacial score (nSPS) is 15.1. The molecule has 1 aromatic carbocycles. The van der Waals surface area contributed by atoms with Crippen molar-refractivity contribution in [2.75, 3.05) is 40.0 Å². The number of nitrogens with zero attached hydrogens (tertiary/aromatic N) is 2. The second-order valence-corrected chi connectivity index (χ2v) is 7.07. The molecule has 1 aromatic heterocycles. The number of fused-ring (bicyclic) bond motifs is 1.